The third-order valence-electron chi connectivity index (χ3n) is 4.93. The lowest BCUT2D eigenvalue weighted by molar-refractivity contribution is -0.115. The maximum Gasteiger partial charge on any atom is 0.260 e. The van der Waals surface area contributed by atoms with Gasteiger partial charge in [0.1, 0.15) is 4.83 Å². The standard InChI is InChI=1S/C20H19Cl2N3O2S2/c1-9-3-4-14-15(5-9)29-19-16(14)18(27)24-20(25-19)28-10(2)17(26)23-13-7-11(21)6-12(22)8-13/h6-10H,3-5H2,1-2H3,(H,23,26)(H,24,25,27). The first-order chi connectivity index (χ1) is 13.8. The van der Waals surface area contributed by atoms with Crippen molar-refractivity contribution in [2.45, 2.75) is 43.5 Å². The second-order valence-corrected chi connectivity index (χ2v) is 10.6. The van der Waals surface area contributed by atoms with Crippen molar-refractivity contribution >= 4 is 68.1 Å². The fourth-order valence-corrected chi connectivity index (χ4v) is 6.24. The summed E-state index contributed by atoms with van der Waals surface area (Å²) in [5.74, 6) is 0.405. The number of hydrogen-bond acceptors (Lipinski definition) is 5. The van der Waals surface area contributed by atoms with Gasteiger partial charge in [0.25, 0.3) is 5.56 Å². The lowest BCUT2D eigenvalue weighted by Gasteiger charge is -2.17. The Morgan fingerprint density at radius 3 is 2.79 bits per heavy atom. The number of carbonyl (C=O) groups is 1. The maximum atomic E-state index is 12.7. The quantitative estimate of drug-likeness (QED) is 0.390. The van der Waals surface area contributed by atoms with Crippen molar-refractivity contribution in [2.24, 2.45) is 5.92 Å². The van der Waals surface area contributed by atoms with Crippen LogP contribution in [0.25, 0.3) is 10.2 Å². The Labute approximate surface area is 186 Å². The number of benzene rings is 1. The fourth-order valence-electron chi connectivity index (χ4n) is 3.48. The van der Waals surface area contributed by atoms with E-state index in [1.807, 2.05) is 0 Å². The number of thioether (sulfide) groups is 1. The number of halogens is 2. The topological polar surface area (TPSA) is 74.8 Å². The average molecular weight is 468 g/mol. The van der Waals surface area contributed by atoms with Gasteiger partial charge in [0.15, 0.2) is 5.16 Å². The lowest BCUT2D eigenvalue weighted by atomic mass is 9.89. The van der Waals surface area contributed by atoms with E-state index in [1.54, 1.807) is 36.5 Å². The smallest absolute Gasteiger partial charge is 0.260 e. The van der Waals surface area contributed by atoms with Crippen LogP contribution in [0.4, 0.5) is 5.69 Å². The lowest BCUT2D eigenvalue weighted by Crippen LogP contribution is -2.23. The van der Waals surface area contributed by atoms with Crippen LogP contribution >= 0.6 is 46.3 Å². The van der Waals surface area contributed by atoms with Gasteiger partial charge < -0.3 is 10.3 Å². The van der Waals surface area contributed by atoms with Crippen molar-refractivity contribution in [3.63, 3.8) is 0 Å². The van der Waals surface area contributed by atoms with Gasteiger partial charge in [-0.2, -0.15) is 0 Å². The Balaban J connectivity index is 1.54. The zero-order valence-corrected chi connectivity index (χ0v) is 19.0. The van der Waals surface area contributed by atoms with Crippen LogP contribution in [-0.2, 0) is 17.6 Å². The largest absolute Gasteiger partial charge is 0.325 e. The second-order valence-electron chi connectivity index (χ2n) is 7.31. The van der Waals surface area contributed by atoms with E-state index < -0.39 is 5.25 Å². The molecule has 2 N–H and O–H groups in total. The highest BCUT2D eigenvalue weighted by Crippen LogP contribution is 2.36. The van der Waals surface area contributed by atoms with Gasteiger partial charge in [-0.05, 0) is 55.9 Å². The molecule has 5 nitrogen and oxygen atoms in total. The summed E-state index contributed by atoms with van der Waals surface area (Å²) in [6.45, 7) is 4.00. The molecular weight excluding hydrogens is 449 g/mol. The number of H-pyrrole nitrogens is 1. The first-order valence-electron chi connectivity index (χ1n) is 9.28. The zero-order valence-electron chi connectivity index (χ0n) is 15.8. The Bertz CT molecular complexity index is 1140. The van der Waals surface area contributed by atoms with E-state index in [1.165, 1.54) is 16.6 Å². The van der Waals surface area contributed by atoms with Crippen molar-refractivity contribution in [3.05, 3.63) is 49.0 Å². The van der Waals surface area contributed by atoms with Crippen LogP contribution in [0.1, 0.15) is 30.7 Å². The number of hydrogen-bond donors (Lipinski definition) is 2. The molecule has 152 valence electrons. The molecule has 0 spiro atoms. The van der Waals surface area contributed by atoms with Crippen molar-refractivity contribution in [2.75, 3.05) is 5.32 Å². The monoisotopic (exact) mass is 467 g/mol. The fraction of sp³-hybridized carbons (Fsp3) is 0.350. The van der Waals surface area contributed by atoms with E-state index in [0.717, 1.165) is 29.7 Å². The summed E-state index contributed by atoms with van der Waals surface area (Å²) in [5, 5.41) is 4.37. The Hall–Kier alpha value is -1.54. The van der Waals surface area contributed by atoms with Gasteiger partial charge in [-0.25, -0.2) is 4.98 Å². The molecule has 1 amide bonds. The van der Waals surface area contributed by atoms with Crippen molar-refractivity contribution in [3.8, 4) is 0 Å². The summed E-state index contributed by atoms with van der Waals surface area (Å²) in [7, 11) is 0. The summed E-state index contributed by atoms with van der Waals surface area (Å²) in [4.78, 5) is 34.7. The molecule has 0 saturated carbocycles. The number of nitrogens with zero attached hydrogens (tertiary/aromatic N) is 1. The van der Waals surface area contributed by atoms with Gasteiger partial charge >= 0.3 is 0 Å². The van der Waals surface area contributed by atoms with E-state index in [9.17, 15) is 9.59 Å². The summed E-state index contributed by atoms with van der Waals surface area (Å²) in [6, 6.07) is 4.86. The van der Waals surface area contributed by atoms with Crippen LogP contribution in [0.3, 0.4) is 0 Å². The number of aromatic nitrogens is 2. The highest BCUT2D eigenvalue weighted by Gasteiger charge is 2.24. The average Bonchev–Trinajstić information content (AvgIpc) is 2.98. The van der Waals surface area contributed by atoms with Gasteiger partial charge in [0.05, 0.1) is 10.6 Å². The highest BCUT2D eigenvalue weighted by molar-refractivity contribution is 8.00. The Morgan fingerprint density at radius 1 is 1.34 bits per heavy atom. The number of rotatable bonds is 4. The predicted molar refractivity (Wildman–Crippen MR) is 122 cm³/mol. The first kappa shape index (κ1) is 20.7. The van der Waals surface area contributed by atoms with Crippen LogP contribution in [0, 0.1) is 5.92 Å². The van der Waals surface area contributed by atoms with Gasteiger partial charge in [-0.3, -0.25) is 9.59 Å². The molecule has 0 bridgehead atoms. The molecule has 29 heavy (non-hydrogen) atoms. The van der Waals surface area contributed by atoms with Crippen molar-refractivity contribution < 1.29 is 4.79 Å². The molecule has 3 aromatic rings. The number of anilines is 1. The number of thiophene rings is 1. The Morgan fingerprint density at radius 2 is 2.07 bits per heavy atom. The predicted octanol–water partition coefficient (Wildman–Crippen LogP) is 5.54. The van der Waals surface area contributed by atoms with Gasteiger partial charge in [0, 0.05) is 20.6 Å². The number of aromatic amines is 1. The van der Waals surface area contributed by atoms with E-state index in [4.69, 9.17) is 23.2 Å². The molecule has 4 rings (SSSR count). The number of aryl methyl sites for hydroxylation is 1. The molecule has 0 fully saturated rings. The minimum atomic E-state index is -0.469. The minimum Gasteiger partial charge on any atom is -0.325 e. The number of nitrogens with one attached hydrogen (secondary N) is 2. The molecule has 0 saturated heterocycles. The van der Waals surface area contributed by atoms with E-state index in [-0.39, 0.29) is 11.5 Å². The van der Waals surface area contributed by atoms with Gasteiger partial charge in [-0.1, -0.05) is 41.9 Å². The van der Waals surface area contributed by atoms with Crippen LogP contribution in [-0.4, -0.2) is 21.1 Å². The van der Waals surface area contributed by atoms with Gasteiger partial charge in [-0.15, -0.1) is 11.3 Å². The number of amides is 1. The molecule has 2 heterocycles. The van der Waals surface area contributed by atoms with Crippen LogP contribution in [0.5, 0.6) is 0 Å². The summed E-state index contributed by atoms with van der Waals surface area (Å²) >= 11 is 14.8. The molecule has 1 aliphatic rings. The highest BCUT2D eigenvalue weighted by atomic mass is 35.5. The molecule has 1 aliphatic carbocycles. The van der Waals surface area contributed by atoms with E-state index in [2.05, 4.69) is 22.2 Å². The Kier molecular flexibility index (Phi) is 5.93. The van der Waals surface area contributed by atoms with Crippen LogP contribution in [0.2, 0.25) is 10.0 Å². The molecular formula is C20H19Cl2N3O2S2. The van der Waals surface area contributed by atoms with Gasteiger partial charge in [0.2, 0.25) is 5.91 Å². The summed E-state index contributed by atoms with van der Waals surface area (Å²) in [6.07, 6.45) is 3.02. The van der Waals surface area contributed by atoms with Crippen LogP contribution < -0.4 is 10.9 Å². The van der Waals surface area contributed by atoms with Crippen molar-refractivity contribution in [1.82, 2.24) is 9.97 Å². The third kappa shape index (κ3) is 4.48. The summed E-state index contributed by atoms with van der Waals surface area (Å²) < 4.78 is 0. The summed E-state index contributed by atoms with van der Waals surface area (Å²) in [5.41, 5.74) is 1.55. The normalized spacial score (nSPS) is 17.2. The van der Waals surface area contributed by atoms with Crippen molar-refractivity contribution in [1.29, 1.82) is 0 Å². The first-order valence-corrected chi connectivity index (χ1v) is 11.7. The molecule has 2 aromatic heterocycles. The number of fused-ring (bicyclic) bond motifs is 3. The van der Waals surface area contributed by atoms with Crippen LogP contribution in [0.15, 0.2) is 28.2 Å². The molecule has 0 radical (unpaired) electrons. The molecule has 2 unspecified atom stereocenters. The van der Waals surface area contributed by atoms with E-state index in [0.29, 0.717) is 32.2 Å². The molecule has 2 atom stereocenters. The number of carbonyl (C=O) groups excluding carboxylic acids is 1. The molecule has 1 aromatic carbocycles. The zero-order chi connectivity index (χ0) is 20.7. The SMILES string of the molecule is CC1CCc2c(sc3nc(SC(C)C(=O)Nc4cc(Cl)cc(Cl)c4)[nH]c(=O)c23)C1. The van der Waals surface area contributed by atoms with E-state index >= 15 is 0 Å². The maximum absolute atomic E-state index is 12.7. The minimum absolute atomic E-state index is 0.126. The third-order valence-corrected chi connectivity index (χ3v) is 7.50. The second kappa shape index (κ2) is 8.30. The molecule has 0 aliphatic heterocycles. The molecule has 9 heteroatoms.